The lowest BCUT2D eigenvalue weighted by atomic mass is 10.1. The third-order valence-electron chi connectivity index (χ3n) is 1.85. The normalized spacial score (nSPS) is 14.9. The van der Waals surface area contributed by atoms with Gasteiger partial charge in [-0.25, -0.2) is 8.42 Å². The van der Waals surface area contributed by atoms with E-state index in [4.69, 9.17) is 5.11 Å². The largest absolute Gasteiger partial charge is 0.393 e. The summed E-state index contributed by atoms with van der Waals surface area (Å²) in [6.45, 7) is 5.28. The van der Waals surface area contributed by atoms with Gasteiger partial charge >= 0.3 is 0 Å². The van der Waals surface area contributed by atoms with Crippen LogP contribution in [-0.2, 0) is 9.05 Å². The van der Waals surface area contributed by atoms with Gasteiger partial charge in [0.05, 0.1) is 18.0 Å². The first-order valence-corrected chi connectivity index (χ1v) is 7.99. The first-order valence-electron chi connectivity index (χ1n) is 5.51. The molecule has 6 heteroatoms. The summed E-state index contributed by atoms with van der Waals surface area (Å²) in [4.78, 5) is 0. The maximum absolute atomic E-state index is 9.77. The van der Waals surface area contributed by atoms with Crippen molar-refractivity contribution in [1.82, 2.24) is 0 Å². The molecule has 2 atom stereocenters. The number of rotatable bonds is 6. The first-order chi connectivity index (χ1) is 7.22. The molecule has 2 N–H and O–H groups in total. The standard InChI is InChI=1S/C8H18O2.C2H5ClO2S/c1-3-4-5-8(10)6-7(2)9;1-2-6(3,4)5/h7-10H,3-6H2,1-2H3;2H2,1H3. The number of aliphatic hydroxyl groups excluding tert-OH is 2. The van der Waals surface area contributed by atoms with Crippen molar-refractivity contribution in [2.24, 2.45) is 0 Å². The maximum atomic E-state index is 9.77. The lowest BCUT2D eigenvalue weighted by Gasteiger charge is -2.10. The Hall–Kier alpha value is 0.160. The minimum atomic E-state index is -3.19. The van der Waals surface area contributed by atoms with Gasteiger partial charge in [-0.05, 0) is 19.8 Å². The maximum Gasteiger partial charge on any atom is 0.232 e. The molecule has 0 aromatic carbocycles. The van der Waals surface area contributed by atoms with Gasteiger partial charge in [0.2, 0.25) is 9.05 Å². The van der Waals surface area contributed by atoms with Crippen molar-refractivity contribution < 1.29 is 18.6 Å². The Morgan fingerprint density at radius 1 is 1.25 bits per heavy atom. The highest BCUT2D eigenvalue weighted by molar-refractivity contribution is 8.13. The second kappa shape index (κ2) is 10.3. The van der Waals surface area contributed by atoms with E-state index >= 15 is 0 Å². The topological polar surface area (TPSA) is 74.6 Å². The Kier molecular flexibility index (Phi) is 12.0. The van der Waals surface area contributed by atoms with Gasteiger partial charge in [-0.1, -0.05) is 26.7 Å². The molecule has 0 aromatic rings. The molecule has 0 amide bonds. The van der Waals surface area contributed by atoms with Crippen LogP contribution in [0.1, 0.15) is 46.5 Å². The van der Waals surface area contributed by atoms with Crippen molar-refractivity contribution in [3.8, 4) is 0 Å². The number of hydrogen-bond acceptors (Lipinski definition) is 4. The zero-order valence-electron chi connectivity index (χ0n) is 10.2. The molecule has 0 saturated carbocycles. The molecule has 100 valence electrons. The van der Waals surface area contributed by atoms with Crippen LogP contribution in [0.3, 0.4) is 0 Å². The minimum absolute atomic E-state index is 0.00849. The van der Waals surface area contributed by atoms with Crippen LogP contribution in [0.25, 0.3) is 0 Å². The highest BCUT2D eigenvalue weighted by Gasteiger charge is 2.05. The molecular formula is C10H23ClO4S. The Labute approximate surface area is 103 Å². The van der Waals surface area contributed by atoms with Crippen LogP contribution in [0.2, 0.25) is 0 Å². The predicted molar refractivity (Wildman–Crippen MR) is 67.1 cm³/mol. The molecular weight excluding hydrogens is 252 g/mol. The zero-order valence-corrected chi connectivity index (χ0v) is 11.8. The smallest absolute Gasteiger partial charge is 0.232 e. The summed E-state index contributed by atoms with van der Waals surface area (Å²) in [5.74, 6) is 0.00849. The fourth-order valence-corrected chi connectivity index (χ4v) is 0.951. The van der Waals surface area contributed by atoms with Gasteiger partial charge in [0, 0.05) is 10.7 Å². The number of halogens is 1. The molecule has 0 aliphatic heterocycles. The quantitative estimate of drug-likeness (QED) is 0.726. The minimum Gasteiger partial charge on any atom is -0.393 e. The highest BCUT2D eigenvalue weighted by atomic mass is 35.7. The lowest BCUT2D eigenvalue weighted by Crippen LogP contribution is -2.14. The lowest BCUT2D eigenvalue weighted by molar-refractivity contribution is 0.0838. The third-order valence-corrected chi connectivity index (χ3v) is 3.19. The van der Waals surface area contributed by atoms with E-state index in [2.05, 4.69) is 17.6 Å². The number of aliphatic hydroxyl groups is 2. The van der Waals surface area contributed by atoms with Crippen LogP contribution in [0.15, 0.2) is 0 Å². The molecule has 0 spiro atoms. The molecule has 0 fully saturated rings. The van der Waals surface area contributed by atoms with E-state index < -0.39 is 9.05 Å². The van der Waals surface area contributed by atoms with E-state index in [0.717, 1.165) is 19.3 Å². The van der Waals surface area contributed by atoms with E-state index in [0.29, 0.717) is 6.42 Å². The van der Waals surface area contributed by atoms with Gasteiger partial charge in [-0.15, -0.1) is 0 Å². The van der Waals surface area contributed by atoms with Crippen LogP contribution < -0.4 is 0 Å². The summed E-state index contributed by atoms with van der Waals surface area (Å²) >= 11 is 0. The molecule has 0 radical (unpaired) electrons. The molecule has 0 aliphatic carbocycles. The summed E-state index contributed by atoms with van der Waals surface area (Å²) in [6, 6.07) is 0. The molecule has 0 rings (SSSR count). The second-order valence-electron chi connectivity index (χ2n) is 3.71. The average Bonchev–Trinajstić information content (AvgIpc) is 2.13. The SMILES string of the molecule is CCCCC(O)CC(C)O.CCS(=O)(=O)Cl. The van der Waals surface area contributed by atoms with Gasteiger partial charge in [0.25, 0.3) is 0 Å². The molecule has 0 aromatic heterocycles. The van der Waals surface area contributed by atoms with Crippen molar-refractivity contribution in [3.05, 3.63) is 0 Å². The fraction of sp³-hybridized carbons (Fsp3) is 1.00. The van der Waals surface area contributed by atoms with Crippen molar-refractivity contribution in [2.45, 2.75) is 58.7 Å². The van der Waals surface area contributed by atoms with Crippen molar-refractivity contribution in [2.75, 3.05) is 5.75 Å². The van der Waals surface area contributed by atoms with E-state index in [9.17, 15) is 13.5 Å². The molecule has 2 unspecified atom stereocenters. The van der Waals surface area contributed by atoms with E-state index in [1.54, 1.807) is 6.92 Å². The van der Waals surface area contributed by atoms with E-state index in [1.807, 2.05) is 0 Å². The van der Waals surface area contributed by atoms with Crippen LogP contribution >= 0.6 is 10.7 Å². The Balaban J connectivity index is 0. The Morgan fingerprint density at radius 3 is 1.94 bits per heavy atom. The summed E-state index contributed by atoms with van der Waals surface area (Å²) < 4.78 is 19.5. The number of hydrogen-bond donors (Lipinski definition) is 2. The Morgan fingerprint density at radius 2 is 1.69 bits per heavy atom. The first kappa shape index (κ1) is 18.5. The van der Waals surface area contributed by atoms with Crippen molar-refractivity contribution in [3.63, 3.8) is 0 Å². The van der Waals surface area contributed by atoms with Crippen molar-refractivity contribution in [1.29, 1.82) is 0 Å². The summed E-state index contributed by atoms with van der Waals surface area (Å²) in [5, 5.41) is 18.1. The summed E-state index contributed by atoms with van der Waals surface area (Å²) in [7, 11) is 1.50. The van der Waals surface area contributed by atoms with Gasteiger partial charge in [-0.2, -0.15) is 0 Å². The van der Waals surface area contributed by atoms with Gasteiger partial charge in [0.1, 0.15) is 0 Å². The monoisotopic (exact) mass is 274 g/mol. The Bertz CT molecular complexity index is 239. The van der Waals surface area contributed by atoms with Crippen LogP contribution in [0, 0.1) is 0 Å². The van der Waals surface area contributed by atoms with Crippen LogP contribution in [-0.4, -0.2) is 36.6 Å². The number of unbranched alkanes of at least 4 members (excludes halogenated alkanes) is 1. The molecule has 0 heterocycles. The fourth-order valence-electron chi connectivity index (χ4n) is 0.951. The van der Waals surface area contributed by atoms with Crippen molar-refractivity contribution >= 4 is 19.7 Å². The molecule has 4 nitrogen and oxygen atoms in total. The highest BCUT2D eigenvalue weighted by Crippen LogP contribution is 2.05. The molecule has 0 saturated heterocycles. The van der Waals surface area contributed by atoms with Gasteiger partial charge < -0.3 is 10.2 Å². The molecule has 16 heavy (non-hydrogen) atoms. The van der Waals surface area contributed by atoms with Crippen LogP contribution in [0.4, 0.5) is 0 Å². The van der Waals surface area contributed by atoms with Gasteiger partial charge in [0.15, 0.2) is 0 Å². The average molecular weight is 275 g/mol. The van der Waals surface area contributed by atoms with E-state index in [1.165, 1.54) is 6.92 Å². The molecule has 0 aliphatic rings. The van der Waals surface area contributed by atoms with E-state index in [-0.39, 0.29) is 18.0 Å². The zero-order chi connectivity index (χ0) is 13.2. The summed E-state index contributed by atoms with van der Waals surface area (Å²) in [6.07, 6.45) is 2.82. The predicted octanol–water partition coefficient (Wildman–Crippen LogP) is 1.88. The van der Waals surface area contributed by atoms with Crippen LogP contribution in [0.5, 0.6) is 0 Å². The summed E-state index contributed by atoms with van der Waals surface area (Å²) in [5.41, 5.74) is 0. The van der Waals surface area contributed by atoms with Gasteiger partial charge in [-0.3, -0.25) is 0 Å². The second-order valence-corrected chi connectivity index (χ2v) is 6.77. The molecule has 0 bridgehead atoms. The third kappa shape index (κ3) is 19.7.